The molecule has 2 N–H and O–H groups in total. The Labute approximate surface area is 109 Å². The molecule has 0 bridgehead atoms. The molecule has 0 fully saturated rings. The molecular weight excluding hydrogens is 228 g/mol. The number of benzene rings is 1. The molecule has 0 aliphatic heterocycles. The highest BCUT2D eigenvalue weighted by Gasteiger charge is 2.07. The fourth-order valence-corrected chi connectivity index (χ4v) is 1.63. The minimum absolute atomic E-state index is 0.0633. The predicted octanol–water partition coefficient (Wildman–Crippen LogP) is 1.73. The first-order valence-corrected chi connectivity index (χ1v) is 6.32. The van der Waals surface area contributed by atoms with Gasteiger partial charge in [0.1, 0.15) is 5.75 Å². The zero-order valence-electron chi connectivity index (χ0n) is 11.4. The highest BCUT2D eigenvalue weighted by molar-refractivity contribution is 5.94. The van der Waals surface area contributed by atoms with Gasteiger partial charge in [-0.25, -0.2) is 0 Å². The quantitative estimate of drug-likeness (QED) is 0.725. The van der Waals surface area contributed by atoms with Crippen LogP contribution in [0.3, 0.4) is 0 Å². The summed E-state index contributed by atoms with van der Waals surface area (Å²) in [7, 11) is 1.61. The van der Waals surface area contributed by atoms with Crippen molar-refractivity contribution in [2.75, 3.05) is 26.7 Å². The topological polar surface area (TPSA) is 50.4 Å². The highest BCUT2D eigenvalue weighted by atomic mass is 16.5. The third kappa shape index (κ3) is 4.37. The summed E-state index contributed by atoms with van der Waals surface area (Å²) in [6.45, 7) is 6.48. The second-order valence-electron chi connectivity index (χ2n) is 4.19. The van der Waals surface area contributed by atoms with Gasteiger partial charge < -0.3 is 15.4 Å². The summed E-state index contributed by atoms with van der Waals surface area (Å²) in [5.41, 5.74) is 1.66. The van der Waals surface area contributed by atoms with E-state index in [4.69, 9.17) is 4.74 Å². The van der Waals surface area contributed by atoms with E-state index in [1.807, 2.05) is 19.1 Å². The molecule has 1 aromatic rings. The zero-order chi connectivity index (χ0) is 13.4. The number of aryl methyl sites for hydroxylation is 1. The number of carbonyl (C=O) groups is 1. The van der Waals surface area contributed by atoms with Gasteiger partial charge in [-0.15, -0.1) is 0 Å². The van der Waals surface area contributed by atoms with E-state index < -0.39 is 0 Å². The van der Waals surface area contributed by atoms with Crippen molar-refractivity contribution in [3.05, 3.63) is 29.3 Å². The van der Waals surface area contributed by atoms with Crippen molar-refractivity contribution in [2.45, 2.75) is 20.3 Å². The van der Waals surface area contributed by atoms with Crippen molar-refractivity contribution in [2.24, 2.45) is 0 Å². The number of hydrogen-bond acceptors (Lipinski definition) is 3. The summed E-state index contributed by atoms with van der Waals surface area (Å²) in [6.07, 6.45) is 1.10. The van der Waals surface area contributed by atoms with Crippen LogP contribution in [0.5, 0.6) is 5.75 Å². The second-order valence-corrected chi connectivity index (χ2v) is 4.19. The van der Waals surface area contributed by atoms with Gasteiger partial charge in [-0.2, -0.15) is 0 Å². The number of nitrogens with one attached hydrogen (secondary N) is 2. The van der Waals surface area contributed by atoms with Gasteiger partial charge in [0, 0.05) is 18.7 Å². The number of hydrogen-bond donors (Lipinski definition) is 2. The van der Waals surface area contributed by atoms with Crippen molar-refractivity contribution < 1.29 is 9.53 Å². The van der Waals surface area contributed by atoms with Crippen molar-refractivity contribution in [1.82, 2.24) is 10.6 Å². The molecule has 0 aliphatic carbocycles. The number of amides is 1. The van der Waals surface area contributed by atoms with Crippen LogP contribution in [0.4, 0.5) is 0 Å². The summed E-state index contributed by atoms with van der Waals surface area (Å²) in [5.74, 6) is 0.679. The lowest BCUT2D eigenvalue weighted by Gasteiger charge is -2.09. The summed E-state index contributed by atoms with van der Waals surface area (Å²) < 4.78 is 5.20. The van der Waals surface area contributed by atoms with Crippen LogP contribution < -0.4 is 15.4 Å². The van der Waals surface area contributed by atoms with E-state index >= 15 is 0 Å². The Morgan fingerprint density at radius 1 is 1.28 bits per heavy atom. The van der Waals surface area contributed by atoms with E-state index in [-0.39, 0.29) is 5.91 Å². The highest BCUT2D eigenvalue weighted by Crippen LogP contribution is 2.18. The van der Waals surface area contributed by atoms with Crippen LogP contribution in [-0.2, 0) is 0 Å². The maximum absolute atomic E-state index is 11.9. The zero-order valence-corrected chi connectivity index (χ0v) is 11.4. The summed E-state index contributed by atoms with van der Waals surface area (Å²) in [6, 6.07) is 5.47. The Kier molecular flexibility index (Phi) is 6.22. The van der Waals surface area contributed by atoms with Crippen molar-refractivity contribution in [3.8, 4) is 5.75 Å². The number of rotatable bonds is 7. The lowest BCUT2D eigenvalue weighted by Crippen LogP contribution is -2.32. The van der Waals surface area contributed by atoms with Gasteiger partial charge in [-0.05, 0) is 37.6 Å². The summed E-state index contributed by atoms with van der Waals surface area (Å²) >= 11 is 0. The molecule has 4 nitrogen and oxygen atoms in total. The van der Waals surface area contributed by atoms with Crippen LogP contribution in [0, 0.1) is 6.92 Å². The molecule has 0 unspecified atom stereocenters. The van der Waals surface area contributed by atoms with Crippen LogP contribution in [0.15, 0.2) is 18.2 Å². The van der Waals surface area contributed by atoms with Crippen LogP contribution in [0.2, 0.25) is 0 Å². The van der Waals surface area contributed by atoms with Crippen molar-refractivity contribution in [3.63, 3.8) is 0 Å². The molecule has 0 aromatic heterocycles. The standard InChI is InChI=1S/C14H22N2O2/c1-4-7-15-8-9-16-14(17)12-6-5-11(2)13(10-12)18-3/h5-6,10,15H,4,7-9H2,1-3H3,(H,16,17). The molecule has 4 heteroatoms. The van der Waals surface area contributed by atoms with Gasteiger partial charge in [0.25, 0.3) is 5.91 Å². The average Bonchev–Trinajstić information content (AvgIpc) is 2.38. The molecule has 100 valence electrons. The van der Waals surface area contributed by atoms with Crippen LogP contribution in [0.1, 0.15) is 29.3 Å². The monoisotopic (exact) mass is 250 g/mol. The normalized spacial score (nSPS) is 10.2. The molecule has 0 radical (unpaired) electrons. The third-order valence-corrected chi connectivity index (χ3v) is 2.68. The average molecular weight is 250 g/mol. The molecule has 1 rings (SSSR count). The molecule has 0 spiro atoms. The van der Waals surface area contributed by atoms with Gasteiger partial charge >= 0.3 is 0 Å². The van der Waals surface area contributed by atoms with Crippen molar-refractivity contribution in [1.29, 1.82) is 0 Å². The van der Waals surface area contributed by atoms with Gasteiger partial charge in [0.2, 0.25) is 0 Å². The van der Waals surface area contributed by atoms with Gasteiger partial charge in [-0.1, -0.05) is 13.0 Å². The molecular formula is C14H22N2O2. The predicted molar refractivity (Wildman–Crippen MR) is 73.2 cm³/mol. The minimum atomic E-state index is -0.0633. The number of methoxy groups -OCH3 is 1. The first-order chi connectivity index (χ1) is 8.69. The van der Waals surface area contributed by atoms with Gasteiger partial charge in [0.15, 0.2) is 0 Å². The van der Waals surface area contributed by atoms with Crippen LogP contribution >= 0.6 is 0 Å². The number of ether oxygens (including phenoxy) is 1. The largest absolute Gasteiger partial charge is 0.496 e. The van der Waals surface area contributed by atoms with E-state index in [1.165, 1.54) is 0 Å². The van der Waals surface area contributed by atoms with Gasteiger partial charge in [-0.3, -0.25) is 4.79 Å². The Morgan fingerprint density at radius 2 is 2.06 bits per heavy atom. The third-order valence-electron chi connectivity index (χ3n) is 2.68. The fraction of sp³-hybridized carbons (Fsp3) is 0.500. The maximum atomic E-state index is 11.9. The molecule has 18 heavy (non-hydrogen) atoms. The molecule has 1 amide bonds. The summed E-state index contributed by atoms with van der Waals surface area (Å²) in [5, 5.41) is 6.11. The molecule has 0 aliphatic rings. The van der Waals surface area contributed by atoms with Gasteiger partial charge in [0.05, 0.1) is 7.11 Å². The summed E-state index contributed by atoms with van der Waals surface area (Å²) in [4.78, 5) is 11.9. The SMILES string of the molecule is CCCNCCNC(=O)c1ccc(C)c(OC)c1. The van der Waals surface area contributed by atoms with Crippen molar-refractivity contribution >= 4 is 5.91 Å². The fourth-order valence-electron chi connectivity index (χ4n) is 1.63. The molecule has 0 saturated heterocycles. The van der Waals surface area contributed by atoms with E-state index in [2.05, 4.69) is 17.6 Å². The Morgan fingerprint density at radius 3 is 2.72 bits per heavy atom. The lowest BCUT2D eigenvalue weighted by atomic mass is 10.1. The van der Waals surface area contributed by atoms with Crippen LogP contribution in [0.25, 0.3) is 0 Å². The Bertz CT molecular complexity index is 391. The first-order valence-electron chi connectivity index (χ1n) is 6.32. The van der Waals surface area contributed by atoms with E-state index in [9.17, 15) is 4.79 Å². The molecule has 0 saturated carbocycles. The molecule has 1 aromatic carbocycles. The van der Waals surface area contributed by atoms with E-state index in [0.29, 0.717) is 12.1 Å². The Hall–Kier alpha value is -1.55. The number of carbonyl (C=O) groups excluding carboxylic acids is 1. The van der Waals surface area contributed by atoms with E-state index in [1.54, 1.807) is 13.2 Å². The second kappa shape index (κ2) is 7.71. The minimum Gasteiger partial charge on any atom is -0.496 e. The molecule has 0 atom stereocenters. The lowest BCUT2D eigenvalue weighted by molar-refractivity contribution is 0.0953. The van der Waals surface area contributed by atoms with Crippen LogP contribution in [-0.4, -0.2) is 32.7 Å². The van der Waals surface area contributed by atoms with E-state index in [0.717, 1.165) is 30.8 Å². The molecule has 0 heterocycles. The first kappa shape index (κ1) is 14.5. The maximum Gasteiger partial charge on any atom is 0.251 e. The smallest absolute Gasteiger partial charge is 0.251 e. The Balaban J connectivity index is 2.46.